The summed E-state index contributed by atoms with van der Waals surface area (Å²) in [7, 11) is 3.05. The van der Waals surface area contributed by atoms with E-state index < -0.39 is 6.10 Å². The van der Waals surface area contributed by atoms with Gasteiger partial charge in [-0.25, -0.2) is 9.37 Å². The van der Waals surface area contributed by atoms with Crippen LogP contribution in [-0.4, -0.2) is 43.4 Å². The van der Waals surface area contributed by atoms with Crippen LogP contribution in [0.1, 0.15) is 40.6 Å². The van der Waals surface area contributed by atoms with E-state index in [-0.39, 0.29) is 31.8 Å². The van der Waals surface area contributed by atoms with Crippen LogP contribution >= 0.6 is 13.5 Å². The van der Waals surface area contributed by atoms with Crippen molar-refractivity contribution >= 4 is 19.4 Å². The van der Waals surface area contributed by atoms with Crippen molar-refractivity contribution in [2.45, 2.75) is 25.9 Å². The lowest BCUT2D eigenvalue weighted by molar-refractivity contribution is 0.0913. The monoisotopic (exact) mass is 514 g/mol. The van der Waals surface area contributed by atoms with E-state index in [1.54, 1.807) is 49.4 Å². The van der Waals surface area contributed by atoms with Crippen molar-refractivity contribution < 1.29 is 28.5 Å². The number of methoxy groups -OCH3 is 2. The number of aryl methyl sites for hydroxylation is 1. The lowest BCUT2D eigenvalue weighted by Crippen LogP contribution is -2.28. The summed E-state index contributed by atoms with van der Waals surface area (Å²) in [5.74, 6) is 1.50. The number of nitrogens with zero attached hydrogens (tertiary/aromatic N) is 1. The second-order valence-electron chi connectivity index (χ2n) is 8.60. The molecule has 1 aliphatic rings. The summed E-state index contributed by atoms with van der Waals surface area (Å²) < 4.78 is 30.3. The Balaban J connectivity index is 0.00000361. The number of aliphatic hydroxyl groups is 1. The minimum absolute atomic E-state index is 0. The van der Waals surface area contributed by atoms with E-state index in [1.165, 1.54) is 33.1 Å². The second-order valence-corrected chi connectivity index (χ2v) is 8.60. The lowest BCUT2D eigenvalue weighted by atomic mass is 10.1. The van der Waals surface area contributed by atoms with Crippen LogP contribution in [0.25, 0.3) is 11.3 Å². The largest absolute Gasteiger partial charge is 0.494 e. The second kappa shape index (κ2) is 12.1. The van der Waals surface area contributed by atoms with Gasteiger partial charge >= 0.3 is 0 Å². The summed E-state index contributed by atoms with van der Waals surface area (Å²) in [5, 5.41) is 13.4. The quantitative estimate of drug-likeness (QED) is 0.412. The first-order valence-corrected chi connectivity index (χ1v) is 11.5. The van der Waals surface area contributed by atoms with Crippen LogP contribution in [0.5, 0.6) is 17.2 Å². The van der Waals surface area contributed by atoms with E-state index in [2.05, 4.69) is 10.3 Å². The van der Waals surface area contributed by atoms with Crippen molar-refractivity contribution in [2.24, 2.45) is 5.92 Å². The maximum Gasteiger partial charge on any atom is 0.251 e. The number of halogens is 1. The number of benzene rings is 2. The van der Waals surface area contributed by atoms with Gasteiger partial charge in [-0.05, 0) is 79.8 Å². The lowest BCUT2D eigenvalue weighted by Gasteiger charge is -2.16. The molecule has 1 aliphatic carbocycles. The van der Waals surface area contributed by atoms with Crippen LogP contribution in [0.3, 0.4) is 0 Å². The molecule has 1 heterocycles. The molecule has 36 heavy (non-hydrogen) atoms. The molecule has 9 heteroatoms. The molecule has 0 saturated heterocycles. The zero-order chi connectivity index (χ0) is 24.9. The molecule has 3 aromatic rings. The van der Waals surface area contributed by atoms with Crippen LogP contribution in [-0.2, 0) is 0 Å². The number of carbonyl (C=O) groups is 1. The Morgan fingerprint density at radius 3 is 2.47 bits per heavy atom. The van der Waals surface area contributed by atoms with Crippen LogP contribution in [0.15, 0.2) is 48.5 Å². The van der Waals surface area contributed by atoms with Crippen LogP contribution < -0.4 is 19.5 Å². The fraction of sp³-hybridized carbons (Fsp3) is 0.333. The van der Waals surface area contributed by atoms with Gasteiger partial charge in [0.15, 0.2) is 11.5 Å². The Kier molecular flexibility index (Phi) is 9.17. The topological polar surface area (TPSA) is 89.9 Å². The Bertz CT molecular complexity index is 1220. The van der Waals surface area contributed by atoms with Crippen molar-refractivity contribution in [3.05, 3.63) is 71.2 Å². The van der Waals surface area contributed by atoms with Gasteiger partial charge in [-0.15, -0.1) is 0 Å². The Labute approximate surface area is 217 Å². The maximum absolute atomic E-state index is 13.7. The third-order valence-electron chi connectivity index (χ3n) is 5.93. The van der Waals surface area contributed by atoms with Gasteiger partial charge < -0.3 is 24.6 Å². The predicted octanol–water partition coefficient (Wildman–Crippen LogP) is 4.58. The highest BCUT2D eigenvalue weighted by molar-refractivity contribution is 7.59. The zero-order valence-corrected chi connectivity index (χ0v) is 21.5. The van der Waals surface area contributed by atoms with Gasteiger partial charge in [0, 0.05) is 17.7 Å². The molecule has 1 saturated carbocycles. The summed E-state index contributed by atoms with van der Waals surface area (Å²) in [6, 6.07) is 13.0. The zero-order valence-electron chi connectivity index (χ0n) is 20.5. The van der Waals surface area contributed by atoms with Crippen molar-refractivity contribution in [2.75, 3.05) is 27.4 Å². The Morgan fingerprint density at radius 1 is 1.08 bits per heavy atom. The molecule has 1 atom stereocenters. The minimum atomic E-state index is -1.06. The molecule has 0 bridgehead atoms. The van der Waals surface area contributed by atoms with E-state index in [9.17, 15) is 14.3 Å². The van der Waals surface area contributed by atoms with E-state index in [4.69, 9.17) is 14.2 Å². The molecule has 0 aliphatic heterocycles. The molecule has 2 aromatic carbocycles. The molecule has 1 fully saturated rings. The van der Waals surface area contributed by atoms with Gasteiger partial charge in [0.2, 0.25) is 0 Å². The van der Waals surface area contributed by atoms with E-state index in [1.807, 2.05) is 0 Å². The first-order valence-electron chi connectivity index (χ1n) is 11.5. The molecule has 0 spiro atoms. The molecule has 7 nitrogen and oxygen atoms in total. The summed E-state index contributed by atoms with van der Waals surface area (Å²) in [5.41, 5.74) is 2.35. The number of pyridine rings is 1. The number of nitrogens with one attached hydrogen (secondary N) is 1. The van der Waals surface area contributed by atoms with Crippen LogP contribution in [0, 0.1) is 18.7 Å². The standard InChI is InChI=1S/C27H29FN2O5.H2S/c1-16-12-18(6-8-20(16)28)26-24(33-2)11-9-21(30-26)22(31)14-29-27(32)19-7-10-23(25(13-19)34-3)35-15-17-4-5-17;/h6-13,17,22,31H,4-5,14-15H2,1-3H3,(H,29,32);1H2. The number of aliphatic hydroxyl groups excluding tert-OH is 1. The van der Waals surface area contributed by atoms with Crippen molar-refractivity contribution in [3.63, 3.8) is 0 Å². The van der Waals surface area contributed by atoms with Crippen LogP contribution in [0.4, 0.5) is 4.39 Å². The highest BCUT2D eigenvalue weighted by Gasteiger charge is 2.23. The normalized spacial score (nSPS) is 13.4. The smallest absolute Gasteiger partial charge is 0.251 e. The number of carbonyl (C=O) groups excluding carboxylic acids is 1. The van der Waals surface area contributed by atoms with Gasteiger partial charge in [-0.3, -0.25) is 4.79 Å². The fourth-order valence-electron chi connectivity index (χ4n) is 3.63. The van der Waals surface area contributed by atoms with Gasteiger partial charge in [0.05, 0.1) is 26.5 Å². The molecule has 0 radical (unpaired) electrons. The Hall–Kier alpha value is -3.30. The number of ether oxygens (including phenoxy) is 3. The summed E-state index contributed by atoms with van der Waals surface area (Å²) in [6.45, 7) is 2.26. The van der Waals surface area contributed by atoms with Crippen molar-refractivity contribution in [1.82, 2.24) is 10.3 Å². The number of amides is 1. The van der Waals surface area contributed by atoms with Crippen LogP contribution in [0.2, 0.25) is 0 Å². The molecule has 2 N–H and O–H groups in total. The fourth-order valence-corrected chi connectivity index (χ4v) is 3.63. The summed E-state index contributed by atoms with van der Waals surface area (Å²) >= 11 is 0. The Morgan fingerprint density at radius 2 is 1.81 bits per heavy atom. The SMILES string of the molecule is COc1cc(C(=O)NCC(O)c2ccc(OC)c(-c3ccc(F)c(C)c3)n2)ccc1OCC1CC1.S. The summed E-state index contributed by atoms with van der Waals surface area (Å²) in [4.78, 5) is 17.2. The number of hydrogen-bond donors (Lipinski definition) is 2. The average Bonchev–Trinajstić information content (AvgIpc) is 3.71. The molecule has 4 rings (SSSR count). The average molecular weight is 515 g/mol. The molecule has 1 aromatic heterocycles. The first kappa shape index (κ1) is 27.3. The van der Waals surface area contributed by atoms with Crippen molar-refractivity contribution in [1.29, 1.82) is 0 Å². The van der Waals surface area contributed by atoms with E-state index >= 15 is 0 Å². The molecular formula is C27H31FN2O5S. The molecule has 1 amide bonds. The van der Waals surface area contributed by atoms with Gasteiger partial charge in [-0.2, -0.15) is 13.5 Å². The number of aromatic nitrogens is 1. The molecular weight excluding hydrogens is 483 g/mol. The first-order chi connectivity index (χ1) is 16.9. The highest BCUT2D eigenvalue weighted by Crippen LogP contribution is 2.33. The third kappa shape index (κ3) is 6.47. The highest BCUT2D eigenvalue weighted by atomic mass is 32.1. The van der Waals surface area contributed by atoms with Gasteiger partial charge in [0.1, 0.15) is 23.4 Å². The van der Waals surface area contributed by atoms with E-state index in [0.717, 1.165) is 0 Å². The predicted molar refractivity (Wildman–Crippen MR) is 140 cm³/mol. The van der Waals surface area contributed by atoms with Gasteiger partial charge in [-0.1, -0.05) is 0 Å². The molecule has 1 unspecified atom stereocenters. The maximum atomic E-state index is 13.7. The molecule has 192 valence electrons. The number of rotatable bonds is 10. The van der Waals surface area contributed by atoms with Crippen molar-refractivity contribution in [3.8, 4) is 28.5 Å². The summed E-state index contributed by atoms with van der Waals surface area (Å²) in [6.07, 6.45) is 1.30. The number of hydrogen-bond acceptors (Lipinski definition) is 6. The minimum Gasteiger partial charge on any atom is -0.494 e. The third-order valence-corrected chi connectivity index (χ3v) is 5.93. The van der Waals surface area contributed by atoms with E-state index in [0.29, 0.717) is 57.9 Å². The van der Waals surface area contributed by atoms with Gasteiger partial charge in [0.25, 0.3) is 5.91 Å².